The molecule has 0 N–H and O–H groups in total. The predicted octanol–water partition coefficient (Wildman–Crippen LogP) is 7.00. The molecule has 1 aromatic heterocycles. The average molecular weight is 477 g/mol. The first-order chi connectivity index (χ1) is 17.5. The van der Waals surface area contributed by atoms with Crippen LogP contribution in [0.4, 0.5) is 0 Å². The highest BCUT2D eigenvalue weighted by atomic mass is 16.5. The molecule has 0 aliphatic carbocycles. The maximum atomic E-state index is 5.81. The van der Waals surface area contributed by atoms with Crippen molar-refractivity contribution in [2.45, 2.75) is 6.92 Å². The van der Waals surface area contributed by atoms with Crippen LogP contribution in [0, 0.1) is 6.92 Å². The Morgan fingerprint density at radius 1 is 0.556 bits per heavy atom. The van der Waals surface area contributed by atoms with Crippen LogP contribution >= 0.6 is 0 Å². The van der Waals surface area contributed by atoms with E-state index in [0.717, 1.165) is 27.7 Å². The molecule has 4 aromatic carbocycles. The fourth-order valence-electron chi connectivity index (χ4n) is 4.90. The second kappa shape index (κ2) is 9.74. The lowest BCUT2D eigenvalue weighted by atomic mass is 9.94. The fraction of sp³-hybridized carbons (Fsp3) is 0.156. The fourth-order valence-corrected chi connectivity index (χ4v) is 4.90. The zero-order valence-electron chi connectivity index (χ0n) is 21.3. The van der Waals surface area contributed by atoms with Gasteiger partial charge in [-0.05, 0) is 46.5 Å². The van der Waals surface area contributed by atoms with Crippen molar-refractivity contribution in [3.8, 4) is 50.8 Å². The first kappa shape index (κ1) is 23.4. The number of ether oxygens (including phenoxy) is 3. The number of methoxy groups -OCH3 is 3. The molecule has 0 spiro atoms. The highest BCUT2D eigenvalue weighted by molar-refractivity contribution is 5.96. The predicted molar refractivity (Wildman–Crippen MR) is 146 cm³/mol. The van der Waals surface area contributed by atoms with Crippen molar-refractivity contribution in [1.82, 2.24) is 0 Å². The van der Waals surface area contributed by atoms with E-state index in [2.05, 4.69) is 91.3 Å². The van der Waals surface area contributed by atoms with Crippen LogP contribution in [0.1, 0.15) is 5.69 Å². The zero-order valence-corrected chi connectivity index (χ0v) is 21.3. The van der Waals surface area contributed by atoms with Gasteiger partial charge in [-0.1, -0.05) is 60.7 Å². The van der Waals surface area contributed by atoms with Crippen molar-refractivity contribution in [2.75, 3.05) is 21.3 Å². The second-order valence-electron chi connectivity index (χ2n) is 8.81. The standard InChI is InChI=1S/C32H30NO3/c1-21-30-27(20-29(34-3)31(35-4)32(30)36-5)19-28(33(21)2)26-17-24(22-12-8-6-9-13-22)16-25(18-26)23-14-10-7-11-15-23/h6-20H,1-5H3/q+1. The third-order valence-corrected chi connectivity index (χ3v) is 6.82. The number of aromatic nitrogens is 1. The molecule has 5 rings (SSSR count). The van der Waals surface area contributed by atoms with Crippen LogP contribution in [0.25, 0.3) is 44.3 Å². The summed E-state index contributed by atoms with van der Waals surface area (Å²) in [7, 11) is 7.04. The van der Waals surface area contributed by atoms with E-state index in [1.54, 1.807) is 21.3 Å². The molecule has 0 atom stereocenters. The van der Waals surface area contributed by atoms with Gasteiger partial charge in [-0.15, -0.1) is 0 Å². The van der Waals surface area contributed by atoms with Crippen LogP contribution in [0.15, 0.2) is 91.0 Å². The van der Waals surface area contributed by atoms with Gasteiger partial charge in [-0.3, -0.25) is 0 Å². The topological polar surface area (TPSA) is 31.6 Å². The molecule has 0 saturated heterocycles. The summed E-state index contributed by atoms with van der Waals surface area (Å²) >= 11 is 0. The summed E-state index contributed by atoms with van der Waals surface area (Å²) in [5.74, 6) is 1.92. The SMILES string of the molecule is COc1cc2cc(-c3cc(-c4ccccc4)cc(-c4ccccc4)c3)[n+](C)c(C)c2c(OC)c1OC. The molecule has 5 aromatic rings. The maximum absolute atomic E-state index is 5.81. The molecule has 0 bridgehead atoms. The molecule has 4 nitrogen and oxygen atoms in total. The van der Waals surface area contributed by atoms with Crippen LogP contribution in [-0.2, 0) is 7.05 Å². The van der Waals surface area contributed by atoms with Crippen molar-refractivity contribution in [2.24, 2.45) is 7.05 Å². The Kier molecular flexibility index (Phi) is 6.34. The lowest BCUT2D eigenvalue weighted by Crippen LogP contribution is -2.35. The molecule has 0 unspecified atom stereocenters. The van der Waals surface area contributed by atoms with Crippen molar-refractivity contribution in [3.05, 3.63) is 96.7 Å². The second-order valence-corrected chi connectivity index (χ2v) is 8.81. The number of rotatable bonds is 6. The number of hydrogen-bond donors (Lipinski definition) is 0. The number of fused-ring (bicyclic) bond motifs is 1. The molecule has 1 heterocycles. The third kappa shape index (κ3) is 4.05. The zero-order chi connectivity index (χ0) is 25.2. The van der Waals surface area contributed by atoms with E-state index in [4.69, 9.17) is 14.2 Å². The summed E-state index contributed by atoms with van der Waals surface area (Å²) in [4.78, 5) is 0. The molecule has 0 saturated carbocycles. The average Bonchev–Trinajstić information content (AvgIpc) is 2.94. The van der Waals surface area contributed by atoms with Crippen LogP contribution in [-0.4, -0.2) is 21.3 Å². The first-order valence-electron chi connectivity index (χ1n) is 11.9. The molecule has 0 aliphatic rings. The minimum atomic E-state index is 0.598. The Hall–Kier alpha value is -4.31. The number of hydrogen-bond acceptors (Lipinski definition) is 3. The van der Waals surface area contributed by atoms with Crippen molar-refractivity contribution >= 4 is 10.8 Å². The lowest BCUT2D eigenvalue weighted by Gasteiger charge is -2.16. The molecule has 0 radical (unpaired) electrons. The first-order valence-corrected chi connectivity index (χ1v) is 11.9. The molecule has 0 fully saturated rings. The van der Waals surface area contributed by atoms with E-state index in [9.17, 15) is 0 Å². The van der Waals surface area contributed by atoms with E-state index >= 15 is 0 Å². The van der Waals surface area contributed by atoms with Crippen LogP contribution in [0.3, 0.4) is 0 Å². The Morgan fingerprint density at radius 3 is 1.58 bits per heavy atom. The van der Waals surface area contributed by atoms with Crippen LogP contribution in [0.5, 0.6) is 17.2 Å². The molecular formula is C32H30NO3+. The third-order valence-electron chi connectivity index (χ3n) is 6.82. The van der Waals surface area contributed by atoms with E-state index in [0.29, 0.717) is 17.2 Å². The number of benzene rings is 4. The summed E-state index contributed by atoms with van der Waals surface area (Å²) < 4.78 is 19.3. The van der Waals surface area contributed by atoms with E-state index in [1.165, 1.54) is 22.3 Å². The molecule has 0 aliphatic heterocycles. The summed E-state index contributed by atoms with van der Waals surface area (Å²) in [5, 5.41) is 2.03. The summed E-state index contributed by atoms with van der Waals surface area (Å²) in [5.41, 5.74) is 8.03. The number of pyridine rings is 1. The minimum absolute atomic E-state index is 0.598. The van der Waals surface area contributed by atoms with Crippen molar-refractivity contribution in [3.63, 3.8) is 0 Å². The van der Waals surface area contributed by atoms with Gasteiger partial charge in [0.2, 0.25) is 11.4 Å². The highest BCUT2D eigenvalue weighted by Gasteiger charge is 2.25. The van der Waals surface area contributed by atoms with Gasteiger partial charge in [-0.25, -0.2) is 0 Å². The molecule has 180 valence electrons. The van der Waals surface area contributed by atoms with E-state index < -0.39 is 0 Å². The van der Waals surface area contributed by atoms with Gasteiger partial charge in [0.15, 0.2) is 17.2 Å². The van der Waals surface area contributed by atoms with Gasteiger partial charge < -0.3 is 14.2 Å². The Balaban J connectivity index is 1.80. The Labute approximate surface area is 212 Å². The van der Waals surface area contributed by atoms with Gasteiger partial charge in [0.05, 0.1) is 26.7 Å². The van der Waals surface area contributed by atoms with Crippen LogP contribution in [0.2, 0.25) is 0 Å². The summed E-state index contributed by atoms with van der Waals surface area (Å²) in [6.07, 6.45) is 0. The molecule has 36 heavy (non-hydrogen) atoms. The number of nitrogens with zero attached hydrogens (tertiary/aromatic N) is 1. The van der Waals surface area contributed by atoms with Crippen molar-refractivity contribution in [1.29, 1.82) is 0 Å². The normalized spacial score (nSPS) is 10.9. The lowest BCUT2D eigenvalue weighted by molar-refractivity contribution is -0.665. The monoisotopic (exact) mass is 476 g/mol. The van der Waals surface area contributed by atoms with Gasteiger partial charge in [0.1, 0.15) is 7.05 Å². The van der Waals surface area contributed by atoms with Gasteiger partial charge in [-0.2, -0.15) is 4.57 Å². The quantitative estimate of drug-likeness (QED) is 0.247. The Morgan fingerprint density at radius 2 is 1.08 bits per heavy atom. The van der Waals surface area contributed by atoms with E-state index in [1.807, 2.05) is 18.2 Å². The van der Waals surface area contributed by atoms with Gasteiger partial charge in [0, 0.05) is 23.9 Å². The molecule has 0 amide bonds. The molecular weight excluding hydrogens is 446 g/mol. The smallest absolute Gasteiger partial charge is 0.213 e. The van der Waals surface area contributed by atoms with Crippen LogP contribution < -0.4 is 18.8 Å². The summed E-state index contributed by atoms with van der Waals surface area (Å²) in [6, 6.07) is 32.0. The maximum Gasteiger partial charge on any atom is 0.213 e. The van der Waals surface area contributed by atoms with Gasteiger partial charge >= 0.3 is 0 Å². The number of aryl methyl sites for hydroxylation is 1. The Bertz CT molecular complexity index is 1490. The van der Waals surface area contributed by atoms with Crippen molar-refractivity contribution < 1.29 is 18.8 Å². The molecule has 4 heteroatoms. The summed E-state index contributed by atoms with van der Waals surface area (Å²) in [6.45, 7) is 2.11. The van der Waals surface area contributed by atoms with Gasteiger partial charge in [0.25, 0.3) is 0 Å². The van der Waals surface area contributed by atoms with E-state index in [-0.39, 0.29) is 0 Å². The minimum Gasteiger partial charge on any atom is -0.493 e. The highest BCUT2D eigenvalue weighted by Crippen LogP contribution is 2.45. The largest absolute Gasteiger partial charge is 0.493 e.